The van der Waals surface area contributed by atoms with E-state index in [1.54, 1.807) is 48.5 Å². The predicted octanol–water partition coefficient (Wildman–Crippen LogP) is 4.14. The number of unbranched alkanes of at least 4 members (excludes halogenated alkanes) is 1. The summed E-state index contributed by atoms with van der Waals surface area (Å²) in [5, 5.41) is 18.6. The maximum Gasteiger partial charge on any atom is 0.411 e. The second-order valence-electron chi connectivity index (χ2n) is 5.25. The van der Waals surface area contributed by atoms with Crippen molar-refractivity contribution in [1.82, 2.24) is 0 Å². The first-order valence-electron chi connectivity index (χ1n) is 7.70. The van der Waals surface area contributed by atoms with E-state index in [1.807, 2.05) is 12.1 Å². The van der Waals surface area contributed by atoms with Crippen LogP contribution >= 0.6 is 0 Å². The minimum absolute atomic E-state index is 0.321. The Bertz CT molecular complexity index is 602. The van der Waals surface area contributed by atoms with E-state index in [-0.39, 0.29) is 0 Å². The van der Waals surface area contributed by atoms with E-state index in [4.69, 9.17) is 0 Å². The van der Waals surface area contributed by atoms with Gasteiger partial charge in [0.15, 0.2) is 0 Å². The number of carbonyl (C=O) groups is 2. The smallest absolute Gasteiger partial charge is 0.411 e. The topological polar surface area (TPSA) is 81.1 Å². The molecule has 2 amide bonds. The largest absolute Gasteiger partial charge is 0.465 e. The Hall–Kier alpha value is -3.02. The minimum atomic E-state index is -1.01. The fourth-order valence-electron chi connectivity index (χ4n) is 2.43. The van der Waals surface area contributed by atoms with E-state index in [0.717, 1.165) is 0 Å². The van der Waals surface area contributed by atoms with Crippen LogP contribution in [0.25, 0.3) is 0 Å². The van der Waals surface area contributed by atoms with Crippen LogP contribution in [0, 0.1) is 0 Å². The Kier molecular flexibility index (Phi) is 6.19. The van der Waals surface area contributed by atoms with Crippen LogP contribution in [-0.2, 0) is 0 Å². The molecule has 0 spiro atoms. The van der Waals surface area contributed by atoms with Gasteiger partial charge in [0.25, 0.3) is 0 Å². The monoisotopic (exact) mass is 328 g/mol. The molecular formula is C18H20N2O4. The van der Waals surface area contributed by atoms with Gasteiger partial charge in [-0.3, -0.25) is 9.80 Å². The predicted molar refractivity (Wildman–Crippen MR) is 92.9 cm³/mol. The molecule has 0 atom stereocenters. The number of benzene rings is 2. The maximum absolute atomic E-state index is 11.4. The number of amides is 2. The van der Waals surface area contributed by atoms with E-state index >= 15 is 0 Å². The molecule has 126 valence electrons. The molecule has 0 radical (unpaired) electrons. The van der Waals surface area contributed by atoms with E-state index in [2.05, 4.69) is 0 Å². The van der Waals surface area contributed by atoms with Crippen molar-refractivity contribution >= 4 is 23.6 Å². The normalized spacial score (nSPS) is 10.2. The van der Waals surface area contributed by atoms with Crippen molar-refractivity contribution in [2.45, 2.75) is 12.8 Å². The van der Waals surface area contributed by atoms with Gasteiger partial charge in [-0.1, -0.05) is 36.4 Å². The summed E-state index contributed by atoms with van der Waals surface area (Å²) < 4.78 is 0. The lowest BCUT2D eigenvalue weighted by Gasteiger charge is -2.21. The number of hydrogen-bond donors (Lipinski definition) is 2. The van der Waals surface area contributed by atoms with Gasteiger partial charge >= 0.3 is 12.2 Å². The highest BCUT2D eigenvalue weighted by molar-refractivity contribution is 5.86. The number of anilines is 2. The zero-order chi connectivity index (χ0) is 17.4. The Morgan fingerprint density at radius 1 is 0.667 bits per heavy atom. The summed E-state index contributed by atoms with van der Waals surface area (Å²) in [4.78, 5) is 25.3. The average Bonchev–Trinajstić information content (AvgIpc) is 2.59. The van der Waals surface area contributed by atoms with Crippen molar-refractivity contribution in [3.05, 3.63) is 60.7 Å². The van der Waals surface area contributed by atoms with Crippen LogP contribution < -0.4 is 9.80 Å². The third kappa shape index (κ3) is 4.74. The third-order valence-electron chi connectivity index (χ3n) is 3.61. The molecule has 0 bridgehead atoms. The second kappa shape index (κ2) is 8.57. The zero-order valence-corrected chi connectivity index (χ0v) is 13.2. The van der Waals surface area contributed by atoms with Crippen LogP contribution in [0.2, 0.25) is 0 Å². The Labute approximate surface area is 140 Å². The standard InChI is InChI=1S/C18H20N2O4/c21-17(22)19(15-9-3-1-4-10-15)13-7-8-14-20(18(23)24)16-11-5-2-6-12-16/h1-6,9-12H,7-8,13-14H2,(H,21,22)(H,23,24). The molecule has 2 N–H and O–H groups in total. The Morgan fingerprint density at radius 3 is 1.29 bits per heavy atom. The van der Waals surface area contributed by atoms with Crippen molar-refractivity contribution in [2.24, 2.45) is 0 Å². The molecule has 0 aromatic heterocycles. The van der Waals surface area contributed by atoms with Crippen molar-refractivity contribution in [3.8, 4) is 0 Å². The number of nitrogens with zero attached hydrogens (tertiary/aromatic N) is 2. The van der Waals surface area contributed by atoms with Crippen LogP contribution in [0.15, 0.2) is 60.7 Å². The highest BCUT2D eigenvalue weighted by Crippen LogP contribution is 2.16. The van der Waals surface area contributed by atoms with Crippen LogP contribution in [0.3, 0.4) is 0 Å². The minimum Gasteiger partial charge on any atom is -0.465 e. The summed E-state index contributed by atoms with van der Waals surface area (Å²) >= 11 is 0. The molecule has 2 rings (SSSR count). The van der Waals surface area contributed by atoms with Crippen molar-refractivity contribution < 1.29 is 19.8 Å². The Balaban J connectivity index is 1.90. The molecule has 0 heterocycles. The average molecular weight is 328 g/mol. The van der Waals surface area contributed by atoms with Gasteiger partial charge in [0.2, 0.25) is 0 Å². The summed E-state index contributed by atoms with van der Waals surface area (Å²) in [6, 6.07) is 17.7. The first-order valence-corrected chi connectivity index (χ1v) is 7.70. The number of hydrogen-bond acceptors (Lipinski definition) is 2. The second-order valence-corrected chi connectivity index (χ2v) is 5.25. The summed E-state index contributed by atoms with van der Waals surface area (Å²) in [5.41, 5.74) is 1.23. The van der Waals surface area contributed by atoms with Gasteiger partial charge in [-0.15, -0.1) is 0 Å². The van der Waals surface area contributed by atoms with Crippen LogP contribution in [0.1, 0.15) is 12.8 Å². The molecule has 0 aliphatic rings. The fourth-order valence-corrected chi connectivity index (χ4v) is 2.43. The highest BCUT2D eigenvalue weighted by atomic mass is 16.4. The molecule has 2 aromatic carbocycles. The van der Waals surface area contributed by atoms with Crippen LogP contribution in [-0.4, -0.2) is 35.5 Å². The molecule has 0 unspecified atom stereocenters. The molecule has 2 aromatic rings. The summed E-state index contributed by atoms with van der Waals surface area (Å²) in [6.07, 6.45) is -0.894. The van der Waals surface area contributed by atoms with Crippen LogP contribution in [0.5, 0.6) is 0 Å². The van der Waals surface area contributed by atoms with E-state index in [1.165, 1.54) is 9.80 Å². The highest BCUT2D eigenvalue weighted by Gasteiger charge is 2.16. The van der Waals surface area contributed by atoms with E-state index < -0.39 is 12.2 Å². The van der Waals surface area contributed by atoms with Gasteiger partial charge in [-0.25, -0.2) is 9.59 Å². The van der Waals surface area contributed by atoms with Gasteiger partial charge < -0.3 is 10.2 Å². The van der Waals surface area contributed by atoms with Gasteiger partial charge in [0, 0.05) is 24.5 Å². The quantitative estimate of drug-likeness (QED) is 0.749. The molecule has 0 fully saturated rings. The molecule has 0 saturated heterocycles. The number of rotatable bonds is 7. The van der Waals surface area contributed by atoms with Gasteiger partial charge in [0.05, 0.1) is 0 Å². The summed E-state index contributed by atoms with van der Waals surface area (Å²) in [7, 11) is 0. The Morgan fingerprint density at radius 2 is 1.00 bits per heavy atom. The van der Waals surface area contributed by atoms with Gasteiger partial charge in [0.1, 0.15) is 0 Å². The lowest BCUT2D eigenvalue weighted by molar-refractivity contribution is 0.199. The van der Waals surface area contributed by atoms with Gasteiger partial charge in [-0.05, 0) is 37.1 Å². The molecule has 0 aliphatic carbocycles. The first-order chi connectivity index (χ1) is 11.6. The lowest BCUT2D eigenvalue weighted by Crippen LogP contribution is -2.32. The molecule has 6 nitrogen and oxygen atoms in total. The first kappa shape index (κ1) is 17.3. The maximum atomic E-state index is 11.4. The molecule has 0 aliphatic heterocycles. The fraction of sp³-hybridized carbons (Fsp3) is 0.222. The van der Waals surface area contributed by atoms with E-state index in [9.17, 15) is 19.8 Å². The SMILES string of the molecule is O=C(O)N(CCCCN(C(=O)O)c1ccccc1)c1ccccc1. The summed E-state index contributed by atoms with van der Waals surface area (Å²) in [6.45, 7) is 0.642. The van der Waals surface area contributed by atoms with Crippen molar-refractivity contribution in [3.63, 3.8) is 0 Å². The van der Waals surface area contributed by atoms with E-state index in [0.29, 0.717) is 37.3 Å². The summed E-state index contributed by atoms with van der Waals surface area (Å²) in [5.74, 6) is 0. The number of carboxylic acid groups (broad SMARTS) is 2. The molecular weight excluding hydrogens is 308 g/mol. The van der Waals surface area contributed by atoms with Crippen molar-refractivity contribution in [1.29, 1.82) is 0 Å². The molecule has 24 heavy (non-hydrogen) atoms. The van der Waals surface area contributed by atoms with Crippen LogP contribution in [0.4, 0.5) is 21.0 Å². The van der Waals surface area contributed by atoms with Gasteiger partial charge in [-0.2, -0.15) is 0 Å². The third-order valence-corrected chi connectivity index (χ3v) is 3.61. The molecule has 6 heteroatoms. The lowest BCUT2D eigenvalue weighted by atomic mass is 10.2. The molecule has 0 saturated carbocycles. The van der Waals surface area contributed by atoms with Crippen molar-refractivity contribution in [2.75, 3.05) is 22.9 Å². The number of para-hydroxylation sites is 2. The zero-order valence-electron chi connectivity index (χ0n) is 13.2.